The third-order valence-electron chi connectivity index (χ3n) is 6.20. The summed E-state index contributed by atoms with van der Waals surface area (Å²) in [4.78, 5) is 10.6. The first-order chi connectivity index (χ1) is 14.4. The average Bonchev–Trinajstić information content (AvgIpc) is 3.28. The maximum atomic E-state index is 10.6. The minimum atomic E-state index is -0.838. The van der Waals surface area contributed by atoms with Crippen molar-refractivity contribution in [3.05, 3.63) is 47.0 Å². The first kappa shape index (κ1) is 23.2. The third kappa shape index (κ3) is 5.83. The van der Waals surface area contributed by atoms with Crippen molar-refractivity contribution in [1.29, 1.82) is 0 Å². The quantitative estimate of drug-likeness (QED) is 0.379. The van der Waals surface area contributed by atoms with Crippen molar-refractivity contribution in [2.45, 2.75) is 62.9 Å². The molecule has 6 nitrogen and oxygen atoms in total. The van der Waals surface area contributed by atoms with E-state index in [-0.39, 0.29) is 18.3 Å². The molecule has 2 aliphatic rings. The van der Waals surface area contributed by atoms with Gasteiger partial charge in [-0.1, -0.05) is 35.9 Å². The molecule has 1 aliphatic carbocycles. The van der Waals surface area contributed by atoms with Crippen molar-refractivity contribution in [3.63, 3.8) is 0 Å². The smallest absolute Gasteiger partial charge is 0.303 e. The van der Waals surface area contributed by atoms with E-state index < -0.39 is 24.0 Å². The molecule has 0 bridgehead atoms. The number of halogens is 1. The van der Waals surface area contributed by atoms with Crippen LogP contribution in [-0.2, 0) is 20.1 Å². The Morgan fingerprint density at radius 2 is 1.77 bits per heavy atom. The average molecular weight is 439 g/mol. The zero-order valence-electron chi connectivity index (χ0n) is 17.1. The number of carbonyl (C=O) groups is 1. The summed E-state index contributed by atoms with van der Waals surface area (Å²) in [6.45, 7) is 1.03. The molecule has 0 amide bonds. The van der Waals surface area contributed by atoms with Crippen LogP contribution in [-0.4, -0.2) is 46.7 Å². The fraction of sp³-hybridized carbons (Fsp3) is 0.609. The van der Waals surface area contributed by atoms with Crippen molar-refractivity contribution in [2.24, 2.45) is 11.8 Å². The van der Waals surface area contributed by atoms with E-state index in [4.69, 9.17) is 26.2 Å². The van der Waals surface area contributed by atoms with E-state index in [1.807, 2.05) is 36.4 Å². The predicted octanol–water partition coefficient (Wildman–Crippen LogP) is 3.88. The van der Waals surface area contributed by atoms with E-state index in [1.54, 1.807) is 0 Å². The van der Waals surface area contributed by atoms with Gasteiger partial charge in [0.05, 0.1) is 25.4 Å². The number of allylic oxidation sites excluding steroid dienone is 2. The summed E-state index contributed by atoms with van der Waals surface area (Å²) in [7, 11) is 0. The molecule has 2 fully saturated rings. The second kappa shape index (κ2) is 10.7. The molecule has 1 aromatic rings. The first-order valence-electron chi connectivity index (χ1n) is 10.7. The molecule has 1 heterocycles. The monoisotopic (exact) mass is 438 g/mol. The molecule has 0 radical (unpaired) electrons. The third-order valence-corrected chi connectivity index (χ3v) is 6.45. The number of carboxylic acid groups (broad SMARTS) is 1. The Balaban J connectivity index is 1.60. The fourth-order valence-corrected chi connectivity index (χ4v) is 4.74. The summed E-state index contributed by atoms with van der Waals surface area (Å²) in [5.41, 5.74) is 0.910. The highest BCUT2D eigenvalue weighted by molar-refractivity contribution is 6.30. The molecule has 30 heavy (non-hydrogen) atoms. The molecule has 166 valence electrons. The molecule has 3 N–H and O–H groups in total. The molecule has 1 saturated carbocycles. The number of ether oxygens (including phenoxy) is 2. The van der Waals surface area contributed by atoms with E-state index in [9.17, 15) is 15.0 Å². The van der Waals surface area contributed by atoms with Gasteiger partial charge in [-0.25, -0.2) is 0 Å². The van der Waals surface area contributed by atoms with E-state index in [1.165, 1.54) is 0 Å². The number of aliphatic hydroxyl groups excluding tert-OH is 2. The molecular formula is C23H31ClO6. The summed E-state index contributed by atoms with van der Waals surface area (Å²) in [5.74, 6) is -1.72. The topological polar surface area (TPSA) is 96.2 Å². The van der Waals surface area contributed by atoms with Crippen molar-refractivity contribution >= 4 is 17.6 Å². The Hall–Kier alpha value is -1.44. The van der Waals surface area contributed by atoms with Gasteiger partial charge in [-0.2, -0.15) is 0 Å². The molecule has 0 unspecified atom stereocenters. The Morgan fingerprint density at radius 3 is 2.43 bits per heavy atom. The maximum absolute atomic E-state index is 10.6. The molecule has 3 rings (SSSR count). The van der Waals surface area contributed by atoms with Crippen LogP contribution >= 0.6 is 11.6 Å². The van der Waals surface area contributed by atoms with Gasteiger partial charge in [0.2, 0.25) is 0 Å². The SMILES string of the molecule is O=C(O)CCC/C=C\C[C@@H]1[C@@H](CCC2(c3ccc(Cl)cc3)OCCO2)[C@H](O)C[C@H]1O. The number of benzene rings is 1. The highest BCUT2D eigenvalue weighted by atomic mass is 35.5. The number of carboxylic acids is 1. The van der Waals surface area contributed by atoms with Crippen LogP contribution in [0.4, 0.5) is 0 Å². The van der Waals surface area contributed by atoms with E-state index in [0.717, 1.165) is 5.56 Å². The summed E-state index contributed by atoms with van der Waals surface area (Å²) >= 11 is 6.02. The molecular weight excluding hydrogens is 408 g/mol. The Bertz CT molecular complexity index is 713. The minimum Gasteiger partial charge on any atom is -0.481 e. The van der Waals surface area contributed by atoms with Crippen molar-refractivity contribution in [2.75, 3.05) is 13.2 Å². The van der Waals surface area contributed by atoms with Gasteiger partial charge in [-0.15, -0.1) is 0 Å². The standard InChI is InChI=1S/C23H31ClO6/c24-17-9-7-16(8-10-17)23(29-13-14-30-23)12-11-19-18(20(25)15-21(19)26)5-3-1-2-4-6-22(27)28/h1,3,7-10,18-21,25-26H,2,4-6,11-15H2,(H,27,28)/b3-1-/t18-,19-,20-,21-/m1/s1. The lowest BCUT2D eigenvalue weighted by atomic mass is 9.84. The minimum absolute atomic E-state index is 0.0422. The molecule has 0 spiro atoms. The molecule has 1 aliphatic heterocycles. The fourth-order valence-electron chi connectivity index (χ4n) is 4.62. The Morgan fingerprint density at radius 1 is 1.10 bits per heavy atom. The van der Waals surface area contributed by atoms with Crippen molar-refractivity contribution in [3.8, 4) is 0 Å². The summed E-state index contributed by atoms with van der Waals surface area (Å²) < 4.78 is 12.0. The zero-order valence-corrected chi connectivity index (χ0v) is 17.8. The van der Waals surface area contributed by atoms with Crippen LogP contribution in [0, 0.1) is 11.8 Å². The van der Waals surface area contributed by atoms with Gasteiger partial charge in [0.1, 0.15) is 0 Å². The number of rotatable bonds is 10. The number of unbranched alkanes of at least 4 members (excludes halogenated alkanes) is 1. The first-order valence-corrected chi connectivity index (χ1v) is 11.1. The second-order valence-corrected chi connectivity index (χ2v) is 8.62. The molecule has 7 heteroatoms. The summed E-state index contributed by atoms with van der Waals surface area (Å²) in [6, 6.07) is 7.45. The number of aliphatic carboxylic acids is 1. The van der Waals surface area contributed by atoms with Gasteiger partial charge in [-0.3, -0.25) is 4.79 Å². The summed E-state index contributed by atoms with van der Waals surface area (Å²) in [5, 5.41) is 30.4. The lowest BCUT2D eigenvalue weighted by Gasteiger charge is -2.31. The van der Waals surface area contributed by atoms with Gasteiger partial charge >= 0.3 is 5.97 Å². The van der Waals surface area contributed by atoms with Crippen molar-refractivity contribution < 1.29 is 29.6 Å². The number of hydrogen-bond donors (Lipinski definition) is 3. The van der Waals surface area contributed by atoms with E-state index in [2.05, 4.69) is 0 Å². The van der Waals surface area contributed by atoms with Gasteiger partial charge in [0.15, 0.2) is 5.79 Å². The number of hydrogen-bond acceptors (Lipinski definition) is 5. The van der Waals surface area contributed by atoms with Crippen LogP contribution in [0.5, 0.6) is 0 Å². The summed E-state index contributed by atoms with van der Waals surface area (Å²) in [6.07, 6.45) is 6.59. The largest absolute Gasteiger partial charge is 0.481 e. The molecule has 1 saturated heterocycles. The Kier molecular flexibility index (Phi) is 8.31. The second-order valence-electron chi connectivity index (χ2n) is 8.19. The van der Waals surface area contributed by atoms with E-state index >= 15 is 0 Å². The lowest BCUT2D eigenvalue weighted by Crippen LogP contribution is -2.30. The van der Waals surface area contributed by atoms with Crippen LogP contribution in [0.1, 0.15) is 50.5 Å². The Labute approximate surface area is 182 Å². The number of aliphatic hydroxyl groups is 2. The normalized spacial score (nSPS) is 28.4. The van der Waals surface area contributed by atoms with E-state index in [0.29, 0.717) is 56.8 Å². The van der Waals surface area contributed by atoms with Crippen LogP contribution in [0.25, 0.3) is 0 Å². The predicted molar refractivity (Wildman–Crippen MR) is 113 cm³/mol. The molecule has 4 atom stereocenters. The molecule has 0 aromatic heterocycles. The zero-order chi connectivity index (χ0) is 21.6. The van der Waals surface area contributed by atoms with Crippen LogP contribution in [0.2, 0.25) is 5.02 Å². The highest BCUT2D eigenvalue weighted by Crippen LogP contribution is 2.43. The van der Waals surface area contributed by atoms with Gasteiger partial charge in [-0.05, 0) is 56.1 Å². The highest BCUT2D eigenvalue weighted by Gasteiger charge is 2.44. The lowest BCUT2D eigenvalue weighted by molar-refractivity contribution is -0.175. The van der Waals surface area contributed by atoms with Gasteiger partial charge in [0.25, 0.3) is 0 Å². The maximum Gasteiger partial charge on any atom is 0.303 e. The van der Waals surface area contributed by atoms with Crippen molar-refractivity contribution in [1.82, 2.24) is 0 Å². The molecule has 1 aromatic carbocycles. The van der Waals surface area contributed by atoms with Crippen LogP contribution in [0.3, 0.4) is 0 Å². The van der Waals surface area contributed by atoms with Crippen LogP contribution in [0.15, 0.2) is 36.4 Å². The van der Waals surface area contributed by atoms with Crippen LogP contribution < -0.4 is 0 Å². The van der Waals surface area contributed by atoms with Gasteiger partial charge in [0, 0.05) is 23.4 Å². The van der Waals surface area contributed by atoms with Gasteiger partial charge < -0.3 is 24.8 Å².